The summed E-state index contributed by atoms with van der Waals surface area (Å²) in [5, 5.41) is 4.24. The topological polar surface area (TPSA) is 97.2 Å². The number of pyridine rings is 1. The van der Waals surface area contributed by atoms with Crippen molar-refractivity contribution in [3.05, 3.63) is 58.5 Å². The lowest BCUT2D eigenvalue weighted by Gasteiger charge is -2.31. The number of nitrogens with zero attached hydrogens (tertiary/aromatic N) is 4. The van der Waals surface area contributed by atoms with E-state index in [0.29, 0.717) is 42.4 Å². The Labute approximate surface area is 206 Å². The highest BCUT2D eigenvalue weighted by atomic mass is 32.2. The lowest BCUT2D eigenvalue weighted by molar-refractivity contribution is 0.329. The Bertz CT molecular complexity index is 1370. The highest BCUT2D eigenvalue weighted by Crippen LogP contribution is 2.30. The van der Waals surface area contributed by atoms with Crippen LogP contribution in [0.15, 0.2) is 52.3 Å². The Balaban J connectivity index is 1.30. The van der Waals surface area contributed by atoms with Gasteiger partial charge in [-0.3, -0.25) is 9.36 Å². The maximum absolute atomic E-state index is 13.2. The van der Waals surface area contributed by atoms with Crippen LogP contribution in [0.4, 0.5) is 5.95 Å². The van der Waals surface area contributed by atoms with Gasteiger partial charge in [0.2, 0.25) is 16.0 Å². The van der Waals surface area contributed by atoms with E-state index in [-0.39, 0.29) is 23.6 Å². The van der Waals surface area contributed by atoms with Crippen LogP contribution in [0.2, 0.25) is 0 Å². The van der Waals surface area contributed by atoms with Crippen molar-refractivity contribution in [3.8, 4) is 0 Å². The Morgan fingerprint density at radius 3 is 2.49 bits per heavy atom. The third-order valence-electron chi connectivity index (χ3n) is 7.31. The molecule has 35 heavy (non-hydrogen) atoms. The third kappa shape index (κ3) is 4.84. The van der Waals surface area contributed by atoms with Gasteiger partial charge in [-0.1, -0.05) is 38.8 Å². The second-order valence-corrected chi connectivity index (χ2v) is 11.9. The fourth-order valence-electron chi connectivity index (χ4n) is 5.23. The van der Waals surface area contributed by atoms with Crippen molar-refractivity contribution in [2.24, 2.45) is 0 Å². The summed E-state index contributed by atoms with van der Waals surface area (Å²) in [4.78, 5) is 22.2. The van der Waals surface area contributed by atoms with Crippen LogP contribution in [0.1, 0.15) is 69.9 Å². The molecule has 186 valence electrons. The first-order valence-electron chi connectivity index (χ1n) is 12.6. The van der Waals surface area contributed by atoms with Crippen LogP contribution in [0.5, 0.6) is 0 Å². The summed E-state index contributed by atoms with van der Waals surface area (Å²) < 4.78 is 29.8. The van der Waals surface area contributed by atoms with Crippen molar-refractivity contribution in [2.45, 2.75) is 75.3 Å². The van der Waals surface area contributed by atoms with Gasteiger partial charge in [0, 0.05) is 42.8 Å². The largest absolute Gasteiger partial charge is 0.351 e. The lowest BCUT2D eigenvalue weighted by Crippen LogP contribution is -2.42. The van der Waals surface area contributed by atoms with E-state index in [1.165, 1.54) is 0 Å². The molecule has 1 aliphatic carbocycles. The number of fused-ring (bicyclic) bond motifs is 1. The molecule has 3 aromatic rings. The maximum Gasteiger partial charge on any atom is 0.252 e. The average molecular weight is 496 g/mol. The highest BCUT2D eigenvalue weighted by Gasteiger charge is 2.30. The molecular formula is C26H33N5O3S. The average Bonchev–Trinajstić information content (AvgIpc) is 3.39. The Morgan fingerprint density at radius 2 is 1.77 bits per heavy atom. The summed E-state index contributed by atoms with van der Waals surface area (Å²) in [6, 6.07) is 10.9. The molecule has 5 rings (SSSR count). The summed E-state index contributed by atoms with van der Waals surface area (Å²) >= 11 is 0. The number of aromatic nitrogens is 3. The van der Waals surface area contributed by atoms with Crippen molar-refractivity contribution >= 4 is 27.0 Å². The fraction of sp³-hybridized carbons (Fsp3) is 0.500. The molecule has 3 heterocycles. The number of nitrogens with one attached hydrogen (secondary N) is 1. The minimum absolute atomic E-state index is 0.0194. The van der Waals surface area contributed by atoms with E-state index in [0.717, 1.165) is 36.6 Å². The quantitative estimate of drug-likeness (QED) is 0.548. The van der Waals surface area contributed by atoms with Gasteiger partial charge in [-0.25, -0.2) is 13.4 Å². The zero-order valence-corrected chi connectivity index (χ0v) is 21.2. The smallest absolute Gasteiger partial charge is 0.252 e. The molecule has 1 saturated heterocycles. The van der Waals surface area contributed by atoms with Gasteiger partial charge >= 0.3 is 0 Å². The number of piperidine rings is 1. The summed E-state index contributed by atoms with van der Waals surface area (Å²) in [5.74, 6) is 0.757. The minimum atomic E-state index is -3.53. The van der Waals surface area contributed by atoms with Gasteiger partial charge < -0.3 is 5.32 Å². The summed E-state index contributed by atoms with van der Waals surface area (Å²) in [5.41, 5.74) is 1.67. The molecule has 2 aromatic heterocycles. The number of hydrogen-bond donors (Lipinski definition) is 1. The zero-order valence-electron chi connectivity index (χ0n) is 20.4. The van der Waals surface area contributed by atoms with Crippen LogP contribution >= 0.6 is 0 Å². The van der Waals surface area contributed by atoms with Crippen molar-refractivity contribution in [1.82, 2.24) is 18.8 Å². The molecular weight excluding hydrogens is 462 g/mol. The van der Waals surface area contributed by atoms with Crippen LogP contribution in [0, 0.1) is 0 Å². The van der Waals surface area contributed by atoms with Crippen LogP contribution in [-0.2, 0) is 10.0 Å². The summed E-state index contributed by atoms with van der Waals surface area (Å²) in [7, 11) is -3.53. The van der Waals surface area contributed by atoms with Crippen LogP contribution in [0.25, 0.3) is 11.0 Å². The van der Waals surface area contributed by atoms with E-state index in [1.54, 1.807) is 34.8 Å². The Kier molecular flexibility index (Phi) is 6.63. The summed E-state index contributed by atoms with van der Waals surface area (Å²) in [6.45, 7) is 4.99. The van der Waals surface area contributed by atoms with Crippen molar-refractivity contribution in [3.63, 3.8) is 0 Å². The lowest BCUT2D eigenvalue weighted by atomic mass is 10.0. The van der Waals surface area contributed by atoms with E-state index in [2.05, 4.69) is 24.1 Å². The zero-order chi connectivity index (χ0) is 24.6. The SMILES string of the molecule is CC(C)c1cccc(S(=O)(=O)N2CCC(Nc3ncc4ccc(=O)n(C5CCCC5)c4n3)CC2)c1. The van der Waals surface area contributed by atoms with E-state index in [4.69, 9.17) is 4.98 Å². The molecule has 0 atom stereocenters. The third-order valence-corrected chi connectivity index (χ3v) is 9.20. The fourth-order valence-corrected chi connectivity index (χ4v) is 6.75. The standard InChI is InChI=1S/C26H33N5O3S/c1-18(2)19-6-5-9-23(16-19)35(33,34)30-14-12-21(13-15-30)28-26-27-17-20-10-11-24(32)31(25(20)29-26)22-7-3-4-8-22/h5-6,9-11,16-18,21-22H,3-4,7-8,12-15H2,1-2H3,(H,27,28,29). The normalized spacial score (nSPS) is 18.5. The van der Waals surface area contributed by atoms with Gasteiger partial charge in [-0.15, -0.1) is 0 Å². The first kappa shape index (κ1) is 23.9. The molecule has 0 bridgehead atoms. The molecule has 0 radical (unpaired) electrons. The van der Waals surface area contributed by atoms with E-state index >= 15 is 0 Å². The van der Waals surface area contributed by atoms with Crippen LogP contribution in [0.3, 0.4) is 0 Å². The molecule has 8 nitrogen and oxygen atoms in total. The maximum atomic E-state index is 13.2. The van der Waals surface area contributed by atoms with Gasteiger partial charge in [-0.05, 0) is 55.4 Å². The summed E-state index contributed by atoms with van der Waals surface area (Å²) in [6.07, 6.45) is 7.34. The second-order valence-electron chi connectivity index (χ2n) is 10.0. The Hall–Kier alpha value is -2.78. The number of benzene rings is 1. The predicted octanol–water partition coefficient (Wildman–Crippen LogP) is 4.30. The molecule has 0 spiro atoms. The minimum Gasteiger partial charge on any atom is -0.351 e. The molecule has 1 N–H and O–H groups in total. The molecule has 2 aliphatic rings. The molecule has 1 aromatic carbocycles. The van der Waals surface area contributed by atoms with E-state index in [9.17, 15) is 13.2 Å². The molecule has 9 heteroatoms. The van der Waals surface area contributed by atoms with Crippen molar-refractivity contribution in [1.29, 1.82) is 0 Å². The van der Waals surface area contributed by atoms with Gasteiger partial charge in [-0.2, -0.15) is 9.29 Å². The van der Waals surface area contributed by atoms with Gasteiger partial charge in [0.05, 0.1) is 4.90 Å². The molecule has 1 aliphatic heterocycles. The second kappa shape index (κ2) is 9.70. The molecule has 0 unspecified atom stereocenters. The van der Waals surface area contributed by atoms with Crippen LogP contribution < -0.4 is 10.9 Å². The van der Waals surface area contributed by atoms with Gasteiger partial charge in [0.1, 0.15) is 5.65 Å². The molecule has 0 amide bonds. The number of hydrogen-bond acceptors (Lipinski definition) is 6. The number of rotatable bonds is 6. The Morgan fingerprint density at radius 1 is 1.03 bits per heavy atom. The first-order chi connectivity index (χ1) is 16.8. The van der Waals surface area contributed by atoms with Gasteiger partial charge in [0.15, 0.2) is 0 Å². The highest BCUT2D eigenvalue weighted by molar-refractivity contribution is 7.89. The predicted molar refractivity (Wildman–Crippen MR) is 137 cm³/mol. The monoisotopic (exact) mass is 495 g/mol. The van der Waals surface area contributed by atoms with Crippen molar-refractivity contribution < 1.29 is 8.42 Å². The van der Waals surface area contributed by atoms with E-state index in [1.807, 2.05) is 16.7 Å². The van der Waals surface area contributed by atoms with Crippen LogP contribution in [-0.4, -0.2) is 46.4 Å². The first-order valence-corrected chi connectivity index (χ1v) is 14.0. The van der Waals surface area contributed by atoms with E-state index < -0.39 is 10.0 Å². The van der Waals surface area contributed by atoms with Gasteiger partial charge in [0.25, 0.3) is 5.56 Å². The number of anilines is 1. The van der Waals surface area contributed by atoms with Crippen molar-refractivity contribution in [2.75, 3.05) is 18.4 Å². The molecule has 1 saturated carbocycles. The number of sulfonamides is 1. The molecule has 2 fully saturated rings.